The summed E-state index contributed by atoms with van der Waals surface area (Å²) in [5, 5.41) is 21.5. The normalized spacial score (nSPS) is 15.8. The summed E-state index contributed by atoms with van der Waals surface area (Å²) in [5.41, 5.74) is -2.23. The first-order chi connectivity index (χ1) is 13.0. The summed E-state index contributed by atoms with van der Waals surface area (Å²) in [6.45, 7) is 7.68. The van der Waals surface area contributed by atoms with Crippen LogP contribution in [-0.4, -0.2) is 35.6 Å². The summed E-state index contributed by atoms with van der Waals surface area (Å²) in [6.07, 6.45) is 5.50. The fourth-order valence-electron chi connectivity index (χ4n) is 4.12. The summed E-state index contributed by atoms with van der Waals surface area (Å²) >= 11 is 0. The van der Waals surface area contributed by atoms with E-state index >= 15 is 0 Å². The van der Waals surface area contributed by atoms with E-state index in [-0.39, 0.29) is 89.3 Å². The van der Waals surface area contributed by atoms with Gasteiger partial charge in [-0.3, -0.25) is 4.55 Å². The first-order valence-electron chi connectivity index (χ1n) is 10.4. The van der Waals surface area contributed by atoms with Crippen molar-refractivity contribution < 1.29 is 97.4 Å². The second kappa shape index (κ2) is 19.2. The second-order valence-electron chi connectivity index (χ2n) is 7.90. The van der Waals surface area contributed by atoms with Gasteiger partial charge < -0.3 is 25.3 Å². The van der Waals surface area contributed by atoms with Crippen LogP contribution >= 0.6 is 0 Å². The Kier molecular flexibility index (Phi) is 24.1. The molecule has 0 amide bonds. The van der Waals surface area contributed by atoms with Gasteiger partial charge in [0.05, 0.1) is 5.97 Å². The number of unbranched alkanes of at least 4 members (excludes halogenated alkanes) is 2. The fourth-order valence-corrected chi connectivity index (χ4v) is 5.22. The van der Waals surface area contributed by atoms with Crippen LogP contribution in [0.25, 0.3) is 0 Å². The van der Waals surface area contributed by atoms with Crippen molar-refractivity contribution in [3.05, 3.63) is 0 Å². The molecule has 0 aromatic rings. The number of carbonyl (C=O) groups is 2. The Bertz CT molecular complexity index is 580. The van der Waals surface area contributed by atoms with Crippen molar-refractivity contribution in [2.24, 2.45) is 17.3 Å². The Morgan fingerprint density at radius 1 is 0.871 bits per heavy atom. The van der Waals surface area contributed by atoms with E-state index in [1.54, 1.807) is 0 Å². The average molecular weight is 485 g/mol. The van der Waals surface area contributed by atoms with Crippen LogP contribution in [0.5, 0.6) is 0 Å². The number of hydrogen-bond acceptors (Lipinski definition) is 6. The van der Waals surface area contributed by atoms with E-state index in [4.69, 9.17) is 0 Å². The number of rotatable bonds is 16. The summed E-state index contributed by atoms with van der Waals surface area (Å²) in [6, 6.07) is 0. The average Bonchev–Trinajstić information content (AvgIpc) is 2.59. The van der Waals surface area contributed by atoms with Crippen LogP contribution in [0.2, 0.25) is 0 Å². The van der Waals surface area contributed by atoms with Gasteiger partial charge >= 0.3 is 59.1 Å². The van der Waals surface area contributed by atoms with Gasteiger partial charge in [-0.25, -0.2) is 0 Å². The van der Waals surface area contributed by atoms with Crippen molar-refractivity contribution in [2.75, 3.05) is 0 Å². The quantitative estimate of drug-likeness (QED) is 0.169. The van der Waals surface area contributed by atoms with E-state index in [0.717, 1.165) is 25.7 Å². The van der Waals surface area contributed by atoms with Crippen molar-refractivity contribution in [1.82, 2.24) is 0 Å². The van der Waals surface area contributed by atoms with Gasteiger partial charge in [0.15, 0.2) is 0 Å². The van der Waals surface area contributed by atoms with Gasteiger partial charge in [0.25, 0.3) is 10.1 Å². The second-order valence-corrected chi connectivity index (χ2v) is 9.40. The van der Waals surface area contributed by atoms with Gasteiger partial charge in [-0.15, -0.1) is 0 Å². The molecule has 0 radical (unpaired) electrons. The van der Waals surface area contributed by atoms with Crippen LogP contribution in [0.15, 0.2) is 0 Å². The van der Waals surface area contributed by atoms with Crippen molar-refractivity contribution in [3.8, 4) is 0 Å². The van der Waals surface area contributed by atoms with Gasteiger partial charge in [0.1, 0.15) is 5.25 Å². The fraction of sp³-hybridized carbons (Fsp3) is 0.900. The zero-order valence-corrected chi connectivity index (χ0v) is 24.9. The molecule has 3 N–H and O–H groups in total. The minimum absolute atomic E-state index is 0. The Balaban J connectivity index is -0.00000121. The third-order valence-corrected chi connectivity index (χ3v) is 7.05. The first kappa shape index (κ1) is 39.0. The molecule has 0 saturated carbocycles. The Labute approximate surface area is 232 Å². The number of carboxylic acids is 2. The zero-order chi connectivity index (χ0) is 22.0. The van der Waals surface area contributed by atoms with Crippen LogP contribution in [0, 0.1) is 17.3 Å². The molecule has 0 fully saturated rings. The maximum atomic E-state index is 12.3. The summed E-state index contributed by atoms with van der Waals surface area (Å²) < 4.78 is 33.5. The maximum absolute atomic E-state index is 12.3. The van der Waals surface area contributed by atoms with Gasteiger partial charge in [-0.1, -0.05) is 79.1 Å². The Morgan fingerprint density at radius 3 is 1.42 bits per heavy atom. The smallest absolute Gasteiger partial charge is 0.549 e. The Hall–Kier alpha value is 0.810. The molecule has 0 aromatic heterocycles. The van der Waals surface area contributed by atoms with Crippen molar-refractivity contribution >= 4 is 22.1 Å². The SMILES string of the molecule is CCCCC(CC)CC(CC(CC)CCCC)(C(=O)[O-])C(C(=O)[O-])S(=O)(=O)O.O.[Na+].[Na+]. The largest absolute Gasteiger partial charge is 1.00 e. The molecule has 174 valence electrons. The molecule has 0 saturated heterocycles. The molecule has 0 bridgehead atoms. The van der Waals surface area contributed by atoms with E-state index in [1.807, 2.05) is 27.7 Å². The molecule has 8 nitrogen and oxygen atoms in total. The van der Waals surface area contributed by atoms with E-state index < -0.39 is 32.7 Å². The molecule has 0 aliphatic heterocycles. The molecule has 3 atom stereocenters. The van der Waals surface area contributed by atoms with Crippen molar-refractivity contribution in [2.45, 2.75) is 97.2 Å². The summed E-state index contributed by atoms with van der Waals surface area (Å²) in [7, 11) is -5.20. The van der Waals surface area contributed by atoms with Crippen LogP contribution in [-0.2, 0) is 19.7 Å². The van der Waals surface area contributed by atoms with E-state index in [1.165, 1.54) is 0 Å². The van der Waals surface area contributed by atoms with Gasteiger partial charge in [-0.2, -0.15) is 8.42 Å². The first-order valence-corrected chi connectivity index (χ1v) is 11.9. The van der Waals surface area contributed by atoms with E-state index in [2.05, 4.69) is 0 Å². The number of hydrogen-bond donors (Lipinski definition) is 1. The van der Waals surface area contributed by atoms with E-state index in [0.29, 0.717) is 25.7 Å². The van der Waals surface area contributed by atoms with Crippen LogP contribution in [0.1, 0.15) is 91.9 Å². The van der Waals surface area contributed by atoms with Gasteiger partial charge in [0.2, 0.25) is 0 Å². The molecular weight excluding hydrogens is 446 g/mol. The van der Waals surface area contributed by atoms with Crippen LogP contribution in [0.3, 0.4) is 0 Å². The summed E-state index contributed by atoms with van der Waals surface area (Å²) in [5.74, 6) is -4.22. The third-order valence-electron chi connectivity index (χ3n) is 5.81. The van der Waals surface area contributed by atoms with Crippen LogP contribution < -0.4 is 69.3 Å². The van der Waals surface area contributed by atoms with Gasteiger partial charge in [-0.05, 0) is 24.7 Å². The predicted octanol–water partition coefficient (Wildman–Crippen LogP) is -4.87. The molecule has 11 heteroatoms. The number of carboxylic acid groups (broad SMARTS) is 2. The molecule has 3 unspecified atom stereocenters. The summed E-state index contributed by atoms with van der Waals surface area (Å²) in [4.78, 5) is 24.0. The number of carbonyl (C=O) groups excluding carboxylic acids is 2. The molecule has 0 rings (SSSR count). The molecule has 31 heavy (non-hydrogen) atoms. The standard InChI is InChI=1S/C20H38O7S.2Na.H2O/c1-5-9-11-15(7-3)13-20(19(23)24,14-16(8-4)12-10-6-2)17(18(21)22)28(25,26)27;;;/h15-17H,5-14H2,1-4H3,(H,21,22)(H,23,24)(H,25,26,27);;;1H2/q;2*+1;/p-2. The molecule has 0 aromatic carbocycles. The molecule has 0 spiro atoms. The van der Waals surface area contributed by atoms with Crippen LogP contribution in [0.4, 0.5) is 0 Å². The van der Waals surface area contributed by atoms with Crippen molar-refractivity contribution in [3.63, 3.8) is 0 Å². The molecular formula is C20H38Na2O8S. The van der Waals surface area contributed by atoms with E-state index in [9.17, 15) is 32.8 Å². The monoisotopic (exact) mass is 484 g/mol. The minimum atomic E-state index is -5.20. The maximum Gasteiger partial charge on any atom is 1.00 e. The van der Waals surface area contributed by atoms with Crippen molar-refractivity contribution in [1.29, 1.82) is 0 Å². The predicted molar refractivity (Wildman–Crippen MR) is 107 cm³/mol. The third kappa shape index (κ3) is 12.7. The zero-order valence-electron chi connectivity index (χ0n) is 20.1. The molecule has 0 aliphatic rings. The minimum Gasteiger partial charge on any atom is -0.549 e. The molecule has 0 heterocycles. The van der Waals surface area contributed by atoms with Gasteiger partial charge in [0, 0.05) is 11.4 Å². The number of aliphatic carboxylic acids is 2. The topological polar surface area (TPSA) is 166 Å². The molecule has 0 aliphatic carbocycles. The Morgan fingerprint density at radius 2 is 1.23 bits per heavy atom.